The number of halogens is 1. The van der Waals surface area contributed by atoms with Gasteiger partial charge in [-0.3, -0.25) is 4.57 Å². The molecule has 2 heterocycles. The Balaban J connectivity index is 2.80. The molecular formula is C8H7BrN4. The van der Waals surface area contributed by atoms with E-state index in [1.54, 1.807) is 0 Å². The van der Waals surface area contributed by atoms with Gasteiger partial charge < -0.3 is 5.73 Å². The van der Waals surface area contributed by atoms with Gasteiger partial charge >= 0.3 is 0 Å². The molecule has 2 N–H and O–H groups in total. The van der Waals surface area contributed by atoms with E-state index in [9.17, 15) is 0 Å². The van der Waals surface area contributed by atoms with Crippen LogP contribution in [-0.4, -0.2) is 14.5 Å². The molecule has 0 aliphatic heterocycles. The fourth-order valence-electron chi connectivity index (χ4n) is 0.735. The van der Waals surface area contributed by atoms with E-state index in [-0.39, 0.29) is 46.8 Å². The molecule has 0 unspecified atom stereocenters. The Morgan fingerprint density at radius 3 is 3.00 bits per heavy atom. The van der Waals surface area contributed by atoms with Crippen molar-refractivity contribution in [2.24, 2.45) is 0 Å². The molecule has 4 nitrogen and oxygen atoms in total. The van der Waals surface area contributed by atoms with E-state index in [1.807, 2.05) is 0 Å². The van der Waals surface area contributed by atoms with E-state index in [0.717, 1.165) is 4.57 Å². The van der Waals surface area contributed by atoms with Crippen molar-refractivity contribution in [3.8, 4) is 5.82 Å². The third kappa shape index (κ3) is 1.70. The van der Waals surface area contributed by atoms with Gasteiger partial charge in [-0.2, -0.15) is 0 Å². The number of imidazole rings is 1. The summed E-state index contributed by atoms with van der Waals surface area (Å²) >= 11 is 2.99. The van der Waals surface area contributed by atoms with E-state index < -0.39 is 0 Å². The van der Waals surface area contributed by atoms with Gasteiger partial charge in [-0.1, -0.05) is 0 Å². The molecular weight excluding hydrogens is 232 g/mol. The predicted octanol–water partition coefficient (Wildman–Crippen LogP) is 1.61. The van der Waals surface area contributed by atoms with Crippen molar-refractivity contribution in [3.05, 3.63) is 35.3 Å². The van der Waals surface area contributed by atoms with E-state index in [4.69, 9.17) is 12.6 Å². The van der Waals surface area contributed by atoms with Crippen LogP contribution in [0.4, 0.5) is 5.69 Å². The maximum absolute atomic E-state index is 7.73. The molecule has 13 heavy (non-hydrogen) atoms. The molecule has 0 amide bonds. The van der Waals surface area contributed by atoms with Gasteiger partial charge in [0.25, 0.3) is 0 Å². The van der Waals surface area contributed by atoms with E-state index >= 15 is 0 Å². The number of rotatable bonds is 1. The lowest BCUT2D eigenvalue weighted by Gasteiger charge is -1.99. The van der Waals surface area contributed by atoms with Crippen LogP contribution in [0.3, 0.4) is 0 Å². The number of nitrogen functional groups attached to an aromatic ring is 1. The summed E-state index contributed by atoms with van der Waals surface area (Å²) in [7, 11) is 0. The Hall–Kier alpha value is -1.36. The second kappa shape index (κ2) is 3.18. The minimum Gasteiger partial charge on any atom is -0.397 e. The zero-order valence-electron chi connectivity index (χ0n) is 11.3. The van der Waals surface area contributed by atoms with Crippen molar-refractivity contribution in [1.29, 1.82) is 0 Å². The zero-order valence-corrected chi connectivity index (χ0v) is 7.88. The number of hydrogen-bond acceptors (Lipinski definition) is 3. The van der Waals surface area contributed by atoms with Gasteiger partial charge in [-0.25, -0.2) is 9.97 Å². The van der Waals surface area contributed by atoms with Crippen molar-refractivity contribution < 1.29 is 6.85 Å². The number of nitrogens with two attached hydrogens (primary N) is 1. The van der Waals surface area contributed by atoms with Crippen LogP contribution in [0.2, 0.25) is 0 Å². The molecule has 5 heteroatoms. The number of aromatic nitrogens is 3. The molecule has 0 aliphatic rings. The van der Waals surface area contributed by atoms with Gasteiger partial charge in [0, 0.05) is 6.17 Å². The monoisotopic (exact) mass is 243 g/mol. The standard InChI is InChI=1S/C8H7BrN4/c9-7-4-13(5-12-7)8-2-1-6(10)3-11-8/h1-5H,10H2/i1D,2D,3D,4D,5D. The van der Waals surface area contributed by atoms with Crippen molar-refractivity contribution in [1.82, 2.24) is 14.5 Å². The molecule has 0 spiro atoms. The molecule has 66 valence electrons. The molecule has 2 aromatic rings. The van der Waals surface area contributed by atoms with Crippen molar-refractivity contribution >= 4 is 21.6 Å². The van der Waals surface area contributed by atoms with Crippen LogP contribution in [0, 0.1) is 0 Å². The summed E-state index contributed by atoms with van der Waals surface area (Å²) in [6, 6.07) is -0.705. The van der Waals surface area contributed by atoms with Crippen LogP contribution in [-0.2, 0) is 0 Å². The van der Waals surface area contributed by atoms with Gasteiger partial charge in [-0.15, -0.1) is 0 Å². The summed E-state index contributed by atoms with van der Waals surface area (Å²) in [5, 5.41) is 0. The second-order valence-corrected chi connectivity index (χ2v) is 2.91. The van der Waals surface area contributed by atoms with Gasteiger partial charge in [0.05, 0.1) is 17.3 Å². The predicted molar refractivity (Wildman–Crippen MR) is 53.5 cm³/mol. The molecule has 0 aromatic carbocycles. The minimum absolute atomic E-state index is 0.128. The normalized spacial score (nSPS) is 15.6. The fraction of sp³-hybridized carbons (Fsp3) is 0. The molecule has 2 aromatic heterocycles. The molecule has 2 rings (SSSR count). The Morgan fingerprint density at radius 2 is 2.31 bits per heavy atom. The average Bonchev–Trinajstić information content (AvgIpc) is 2.56. The van der Waals surface area contributed by atoms with E-state index in [2.05, 4.69) is 25.9 Å². The third-order valence-corrected chi connectivity index (χ3v) is 1.61. The summed E-state index contributed by atoms with van der Waals surface area (Å²) in [4.78, 5) is 7.43. The van der Waals surface area contributed by atoms with Crippen LogP contribution in [0.5, 0.6) is 0 Å². The van der Waals surface area contributed by atoms with Crippen LogP contribution in [0.15, 0.2) is 35.3 Å². The lowest BCUT2D eigenvalue weighted by atomic mass is 10.4. The lowest BCUT2D eigenvalue weighted by Crippen LogP contribution is -1.94. The highest BCUT2D eigenvalue weighted by molar-refractivity contribution is 9.10. The molecule has 0 radical (unpaired) electrons. The first-order valence-corrected chi connectivity index (χ1v) is 4.09. The largest absolute Gasteiger partial charge is 0.397 e. The van der Waals surface area contributed by atoms with Crippen molar-refractivity contribution in [2.45, 2.75) is 0 Å². The van der Waals surface area contributed by atoms with E-state index in [1.165, 1.54) is 0 Å². The van der Waals surface area contributed by atoms with E-state index in [0.29, 0.717) is 0 Å². The first-order valence-electron chi connectivity index (χ1n) is 5.79. The molecule has 0 saturated carbocycles. The lowest BCUT2D eigenvalue weighted by molar-refractivity contribution is 0.994. The zero-order chi connectivity index (χ0) is 13.6. The first-order chi connectivity index (χ1) is 8.34. The topological polar surface area (TPSA) is 56.7 Å². The summed E-state index contributed by atoms with van der Waals surface area (Å²) in [5.41, 5.74) is 5.22. The average molecular weight is 244 g/mol. The summed E-state index contributed by atoms with van der Waals surface area (Å²) in [6.45, 7) is 0. The number of anilines is 1. The number of hydrogen-bond donors (Lipinski definition) is 1. The highest BCUT2D eigenvalue weighted by atomic mass is 79.9. The Labute approximate surface area is 90.6 Å². The molecule has 0 atom stereocenters. The highest BCUT2D eigenvalue weighted by Crippen LogP contribution is 2.10. The second-order valence-electron chi connectivity index (χ2n) is 2.16. The Bertz CT molecular complexity index is 641. The fourth-order valence-corrected chi connectivity index (χ4v) is 0.991. The van der Waals surface area contributed by atoms with Crippen molar-refractivity contribution in [2.75, 3.05) is 5.73 Å². The van der Waals surface area contributed by atoms with Crippen LogP contribution in [0.25, 0.3) is 5.82 Å². The highest BCUT2D eigenvalue weighted by Gasteiger charge is 1.98. The number of pyridine rings is 1. The number of nitrogens with zero attached hydrogens (tertiary/aromatic N) is 3. The molecule has 0 bridgehead atoms. The van der Waals surface area contributed by atoms with Crippen LogP contribution in [0.1, 0.15) is 6.85 Å². The molecule has 0 aliphatic carbocycles. The van der Waals surface area contributed by atoms with Crippen molar-refractivity contribution in [3.63, 3.8) is 0 Å². The summed E-state index contributed by atoms with van der Waals surface area (Å²) < 4.78 is 39.2. The van der Waals surface area contributed by atoms with Crippen LogP contribution >= 0.6 is 15.9 Å². The minimum atomic E-state index is -0.366. The quantitative estimate of drug-likeness (QED) is 0.829. The van der Waals surface area contributed by atoms with Gasteiger partial charge in [0.1, 0.15) is 18.1 Å². The van der Waals surface area contributed by atoms with Gasteiger partial charge in [-0.05, 0) is 28.0 Å². The van der Waals surface area contributed by atoms with Gasteiger partial charge in [0.2, 0.25) is 0 Å². The summed E-state index contributed by atoms with van der Waals surface area (Å²) in [6.07, 6.45) is -0.851. The SMILES string of the molecule is [2H]c1nc(-n2c([2H])nc(Br)c2[2H])c([2H])c([2H])c1N. The van der Waals surface area contributed by atoms with Crippen LogP contribution < -0.4 is 5.73 Å². The maximum atomic E-state index is 7.73. The Kier molecular flexibility index (Phi) is 1.04. The first kappa shape index (κ1) is 4.23. The Morgan fingerprint density at radius 1 is 1.46 bits per heavy atom. The molecule has 0 fully saturated rings. The maximum Gasteiger partial charge on any atom is 0.137 e. The van der Waals surface area contributed by atoms with Gasteiger partial charge in [0.15, 0.2) is 0 Å². The summed E-state index contributed by atoms with van der Waals surface area (Å²) in [5.74, 6) is -0.174. The molecule has 0 saturated heterocycles. The smallest absolute Gasteiger partial charge is 0.137 e. The third-order valence-electron chi connectivity index (χ3n) is 1.26.